The highest BCUT2D eigenvalue weighted by molar-refractivity contribution is 5.85. The first-order chi connectivity index (χ1) is 30.6. The Morgan fingerprint density at radius 2 is 0.742 bits per heavy atom. The third kappa shape index (κ3) is 6.81. The van der Waals surface area contributed by atoms with Crippen molar-refractivity contribution in [3.8, 4) is 95.6 Å². The van der Waals surface area contributed by atoms with Gasteiger partial charge >= 0.3 is 0 Å². The number of nitriles is 1. The maximum Gasteiger partial charge on any atom is 0.160 e. The lowest BCUT2D eigenvalue weighted by atomic mass is 9.67. The van der Waals surface area contributed by atoms with Crippen LogP contribution in [0.2, 0.25) is 0 Å². The number of fused-ring (bicyclic) bond motifs is 5. The second-order valence-corrected chi connectivity index (χ2v) is 16.8. The molecule has 11 rings (SSSR count). The molecule has 1 aromatic heterocycles. The molecule has 1 saturated carbocycles. The molecule has 8 aromatic carbocycles. The number of rotatable bonds is 7. The fourth-order valence-electron chi connectivity index (χ4n) is 9.91. The van der Waals surface area contributed by atoms with Crippen molar-refractivity contribution < 1.29 is 0 Å². The van der Waals surface area contributed by atoms with Gasteiger partial charge in [-0.1, -0.05) is 195 Å². The van der Waals surface area contributed by atoms with Gasteiger partial charge in [-0.15, -0.1) is 0 Å². The Balaban J connectivity index is 0.835. The van der Waals surface area contributed by atoms with Crippen molar-refractivity contribution >= 4 is 0 Å². The van der Waals surface area contributed by atoms with E-state index in [1.807, 2.05) is 30.3 Å². The van der Waals surface area contributed by atoms with Gasteiger partial charge in [-0.05, 0) is 104 Å². The number of hydrogen-bond acceptors (Lipinski definition) is 3. The average molecular weight is 794 g/mol. The van der Waals surface area contributed by atoms with Crippen molar-refractivity contribution in [1.29, 1.82) is 5.26 Å². The zero-order valence-electron chi connectivity index (χ0n) is 34.4. The van der Waals surface area contributed by atoms with Gasteiger partial charge in [0.15, 0.2) is 5.82 Å². The van der Waals surface area contributed by atoms with E-state index in [0.29, 0.717) is 5.82 Å². The van der Waals surface area contributed by atoms with E-state index >= 15 is 0 Å². The predicted molar refractivity (Wildman–Crippen MR) is 254 cm³/mol. The number of hydrogen-bond donors (Lipinski definition) is 0. The largest absolute Gasteiger partial charge is 0.228 e. The highest BCUT2D eigenvalue weighted by atomic mass is 14.9. The lowest BCUT2D eigenvalue weighted by Gasteiger charge is -2.36. The van der Waals surface area contributed by atoms with Crippen molar-refractivity contribution in [2.24, 2.45) is 0 Å². The van der Waals surface area contributed by atoms with Gasteiger partial charge in [-0.3, -0.25) is 0 Å². The van der Waals surface area contributed by atoms with Gasteiger partial charge in [0.25, 0.3) is 0 Å². The van der Waals surface area contributed by atoms with Gasteiger partial charge in [0, 0.05) is 22.1 Å². The summed E-state index contributed by atoms with van der Waals surface area (Å²) in [6.07, 6.45) is 6.03. The lowest BCUT2D eigenvalue weighted by Crippen LogP contribution is -2.28. The summed E-state index contributed by atoms with van der Waals surface area (Å²) in [4.78, 5) is 10.1. The molecule has 0 N–H and O–H groups in total. The van der Waals surface area contributed by atoms with Gasteiger partial charge in [0.1, 0.15) is 0 Å². The molecule has 1 heterocycles. The third-order valence-electron chi connectivity index (χ3n) is 13.2. The monoisotopic (exact) mass is 793 g/mol. The minimum Gasteiger partial charge on any atom is -0.228 e. The summed E-state index contributed by atoms with van der Waals surface area (Å²) in [7, 11) is 0. The maximum atomic E-state index is 9.73. The summed E-state index contributed by atoms with van der Waals surface area (Å²) in [5.74, 6) is 0.708. The van der Waals surface area contributed by atoms with Gasteiger partial charge < -0.3 is 0 Å². The van der Waals surface area contributed by atoms with E-state index in [1.54, 1.807) is 0 Å². The molecular formula is C59H43N3. The van der Waals surface area contributed by atoms with Crippen LogP contribution in [-0.4, -0.2) is 9.97 Å². The van der Waals surface area contributed by atoms with Gasteiger partial charge in [-0.25, -0.2) is 9.97 Å². The first-order valence-corrected chi connectivity index (χ1v) is 21.7. The number of aromatic nitrogens is 2. The van der Waals surface area contributed by atoms with E-state index in [9.17, 15) is 5.26 Å². The average Bonchev–Trinajstić information content (AvgIpc) is 3.61. The predicted octanol–water partition coefficient (Wildman–Crippen LogP) is 15.2. The molecular weight excluding hydrogens is 751 g/mol. The first kappa shape index (κ1) is 37.3. The smallest absolute Gasteiger partial charge is 0.160 e. The van der Waals surface area contributed by atoms with Crippen LogP contribution in [0.5, 0.6) is 0 Å². The van der Waals surface area contributed by atoms with Crippen LogP contribution in [0, 0.1) is 11.3 Å². The molecule has 0 atom stereocenters. The molecule has 294 valence electrons. The molecule has 1 fully saturated rings. The molecule has 2 aliphatic carbocycles. The van der Waals surface area contributed by atoms with Crippen LogP contribution in [-0.2, 0) is 5.41 Å². The lowest BCUT2D eigenvalue weighted by molar-refractivity contribution is 0.353. The van der Waals surface area contributed by atoms with Crippen LogP contribution in [0.1, 0.15) is 48.8 Å². The van der Waals surface area contributed by atoms with Crippen molar-refractivity contribution in [2.75, 3.05) is 0 Å². The second-order valence-electron chi connectivity index (χ2n) is 16.8. The summed E-state index contributed by atoms with van der Waals surface area (Å²) in [5.41, 5.74) is 20.6. The number of nitrogens with zero attached hydrogens (tertiary/aromatic N) is 3. The SMILES string of the molecule is N#Cc1ccc2c(c1)C1(CCCCC1)c1cc(-c3ccc(-c4ccc(-c5ccc(-c6cc(-c7ccc(-c8ccccc8)cc7)nc(-c7ccccc7)n6)cc5)cc4)cc3)ccc1-2. The molecule has 0 saturated heterocycles. The highest BCUT2D eigenvalue weighted by Crippen LogP contribution is 2.56. The van der Waals surface area contributed by atoms with Crippen LogP contribution in [0.3, 0.4) is 0 Å². The number of benzene rings is 8. The molecule has 9 aromatic rings. The molecule has 3 heteroatoms. The summed E-state index contributed by atoms with van der Waals surface area (Å²) in [6.45, 7) is 0. The van der Waals surface area contributed by atoms with Crippen LogP contribution < -0.4 is 0 Å². The second kappa shape index (κ2) is 15.7. The van der Waals surface area contributed by atoms with Gasteiger partial charge in [0.05, 0.1) is 23.0 Å². The standard InChI is InChI=1S/C59H43N3/c60-39-40-14-32-52-53-33-31-51(37-55(53)59(54(52)36-40)34-8-3-9-35-59)47-21-19-45(20-22-47)43-15-17-44(18-16-43)46-25-29-49(30-26-46)57-38-56(61-58(62-57)50-12-6-2-7-13-50)48-27-23-42(24-28-48)41-10-4-1-5-11-41/h1-2,4-7,10-33,36-38H,3,8-9,34-35H2. The van der Waals surface area contributed by atoms with Crippen LogP contribution in [0.15, 0.2) is 200 Å². The Labute approximate surface area is 363 Å². The van der Waals surface area contributed by atoms with E-state index in [4.69, 9.17) is 9.97 Å². The fraction of sp³-hybridized carbons (Fsp3) is 0.102. The molecule has 0 radical (unpaired) electrons. The van der Waals surface area contributed by atoms with Gasteiger partial charge in [-0.2, -0.15) is 5.26 Å². The zero-order chi connectivity index (χ0) is 41.5. The van der Waals surface area contributed by atoms with E-state index in [-0.39, 0.29) is 5.41 Å². The Kier molecular flexibility index (Phi) is 9.48. The minimum atomic E-state index is 0.00964. The quantitative estimate of drug-likeness (QED) is 0.161. The topological polar surface area (TPSA) is 49.6 Å². The van der Waals surface area contributed by atoms with E-state index in [2.05, 4.69) is 176 Å². The van der Waals surface area contributed by atoms with Crippen LogP contribution in [0.4, 0.5) is 0 Å². The minimum absolute atomic E-state index is 0.00964. The Bertz CT molecular complexity index is 3100. The maximum absolute atomic E-state index is 9.73. The van der Waals surface area contributed by atoms with Gasteiger partial charge in [0.2, 0.25) is 0 Å². The molecule has 2 aliphatic rings. The van der Waals surface area contributed by atoms with Crippen molar-refractivity contribution in [3.05, 3.63) is 217 Å². The summed E-state index contributed by atoms with van der Waals surface area (Å²) >= 11 is 0. The van der Waals surface area contributed by atoms with Crippen molar-refractivity contribution in [3.63, 3.8) is 0 Å². The highest BCUT2D eigenvalue weighted by Gasteiger charge is 2.44. The molecule has 3 nitrogen and oxygen atoms in total. The molecule has 0 unspecified atom stereocenters. The Hall–Kier alpha value is -7.67. The Morgan fingerprint density at radius 1 is 0.355 bits per heavy atom. The van der Waals surface area contributed by atoms with E-state index in [0.717, 1.165) is 52.0 Å². The third-order valence-corrected chi connectivity index (χ3v) is 13.2. The Morgan fingerprint density at radius 3 is 1.23 bits per heavy atom. The summed E-state index contributed by atoms with van der Waals surface area (Å²) in [6, 6.07) is 73.7. The summed E-state index contributed by atoms with van der Waals surface area (Å²) in [5, 5.41) is 9.73. The van der Waals surface area contributed by atoms with Crippen molar-refractivity contribution in [2.45, 2.75) is 37.5 Å². The van der Waals surface area contributed by atoms with E-state index in [1.165, 1.54) is 80.5 Å². The van der Waals surface area contributed by atoms with Crippen molar-refractivity contribution in [1.82, 2.24) is 9.97 Å². The van der Waals surface area contributed by atoms with E-state index < -0.39 is 0 Å². The fourth-order valence-corrected chi connectivity index (χ4v) is 9.91. The first-order valence-electron chi connectivity index (χ1n) is 21.7. The zero-order valence-corrected chi connectivity index (χ0v) is 34.4. The molecule has 62 heavy (non-hydrogen) atoms. The molecule has 0 aliphatic heterocycles. The molecule has 1 spiro atoms. The summed E-state index contributed by atoms with van der Waals surface area (Å²) < 4.78 is 0. The van der Waals surface area contributed by atoms with Crippen LogP contribution in [0.25, 0.3) is 89.5 Å². The van der Waals surface area contributed by atoms with Crippen LogP contribution >= 0.6 is 0 Å². The normalized spacial score (nSPS) is 13.6. The molecule has 0 amide bonds. The molecule has 0 bridgehead atoms.